The van der Waals surface area contributed by atoms with Crippen LogP contribution in [0.3, 0.4) is 0 Å². The van der Waals surface area contributed by atoms with E-state index in [4.69, 9.17) is 9.79 Å². The van der Waals surface area contributed by atoms with Gasteiger partial charge in [-0.05, 0) is 18.2 Å². The zero-order valence-electron chi connectivity index (χ0n) is 6.55. The Labute approximate surface area is 98.5 Å². The van der Waals surface area contributed by atoms with E-state index < -0.39 is 29.0 Å². The minimum Gasteiger partial charge on any atom is -0.403 e. The van der Waals surface area contributed by atoms with E-state index in [2.05, 4.69) is 20.5 Å². The van der Waals surface area contributed by atoms with Crippen LogP contribution in [-0.4, -0.2) is 9.79 Å². The lowest BCUT2D eigenvalue weighted by Gasteiger charge is -2.08. The van der Waals surface area contributed by atoms with Gasteiger partial charge in [0.05, 0.1) is 3.57 Å². The third-order valence-corrected chi connectivity index (χ3v) is 3.49. The highest BCUT2D eigenvalue weighted by molar-refractivity contribution is 14.1. The fourth-order valence-corrected chi connectivity index (χ4v) is 2.47. The summed E-state index contributed by atoms with van der Waals surface area (Å²) in [6.07, 6.45) is 0. The third-order valence-electron chi connectivity index (χ3n) is 1.19. The zero-order chi connectivity index (χ0) is 10.8. The summed E-state index contributed by atoms with van der Waals surface area (Å²) in [6, 6.07) is 4.49. The van der Waals surface area contributed by atoms with Crippen molar-refractivity contribution in [1.29, 1.82) is 0 Å². The Morgan fingerprint density at radius 1 is 1.43 bits per heavy atom. The normalized spacial score (nSPS) is 11.4. The van der Waals surface area contributed by atoms with Crippen LogP contribution in [0.25, 0.3) is 0 Å². The minimum absolute atomic E-state index is 0.0458. The number of rotatable bonds is 3. The van der Waals surface area contributed by atoms with Crippen LogP contribution < -0.4 is 4.52 Å². The van der Waals surface area contributed by atoms with E-state index >= 15 is 0 Å². The van der Waals surface area contributed by atoms with Gasteiger partial charge in [0.2, 0.25) is 0 Å². The maximum atomic E-state index is 10.7. The smallest absolute Gasteiger partial charge is 0.403 e. The number of halogens is 2. The number of hydrogen-bond acceptors (Lipinski definition) is 3. The molecule has 0 unspecified atom stereocenters. The van der Waals surface area contributed by atoms with E-state index in [1.54, 1.807) is 6.07 Å². The van der Waals surface area contributed by atoms with Gasteiger partial charge in [-0.15, -0.1) is 0 Å². The third kappa shape index (κ3) is 3.74. The predicted octanol–water partition coefficient (Wildman–Crippen LogP) is 2.41. The van der Waals surface area contributed by atoms with Gasteiger partial charge < -0.3 is 4.52 Å². The van der Waals surface area contributed by atoms with Crippen molar-refractivity contribution >= 4 is 44.9 Å². The van der Waals surface area contributed by atoms with E-state index in [1.807, 2.05) is 0 Å². The van der Waals surface area contributed by atoms with Gasteiger partial charge in [-0.3, -0.25) is 12.9 Å². The van der Waals surface area contributed by atoms with Gasteiger partial charge >= 0.3 is 7.82 Å². The highest BCUT2D eigenvalue weighted by atomic mass is 127. The molecule has 0 spiro atoms. The molecular weight excluding hydrogens is 390 g/mol. The molecular formula is C6H5BrIO5P. The summed E-state index contributed by atoms with van der Waals surface area (Å²) in [5, 5.41) is 0. The van der Waals surface area contributed by atoms with Crippen molar-refractivity contribution in [2.45, 2.75) is 0 Å². The lowest BCUT2D eigenvalue weighted by atomic mass is 10.3. The van der Waals surface area contributed by atoms with Crippen LogP contribution >= 0.6 is 44.9 Å². The summed E-state index contributed by atoms with van der Waals surface area (Å²) in [5.41, 5.74) is 0. The maximum absolute atomic E-state index is 10.7. The number of hydrogen-bond donors (Lipinski definition) is 2. The van der Waals surface area contributed by atoms with Crippen LogP contribution in [0.4, 0.5) is 0 Å². The standard InChI is InChI=1S/C6H5BrIO5P/c7-4-1-2-5(8-9)6(3-4)13-14(10,11)12/h1-3H,(H2,10,11,12). The molecule has 0 fully saturated rings. The molecule has 0 heterocycles. The summed E-state index contributed by atoms with van der Waals surface area (Å²) in [7, 11) is -4.59. The largest absolute Gasteiger partial charge is 0.524 e. The average Bonchev–Trinajstić information content (AvgIpc) is 2.01. The van der Waals surface area contributed by atoms with Crippen molar-refractivity contribution in [3.63, 3.8) is 0 Å². The van der Waals surface area contributed by atoms with E-state index in [9.17, 15) is 7.63 Å². The van der Waals surface area contributed by atoms with E-state index in [0.29, 0.717) is 8.04 Å². The first-order valence-corrected chi connectivity index (χ1v) is 7.52. The molecule has 0 bridgehead atoms. The fraction of sp³-hybridized carbons (Fsp3) is 0. The van der Waals surface area contributed by atoms with Gasteiger partial charge in [-0.1, -0.05) is 15.9 Å². The van der Waals surface area contributed by atoms with Gasteiger partial charge in [0.1, 0.15) is 5.75 Å². The average molecular weight is 395 g/mol. The Morgan fingerprint density at radius 3 is 2.57 bits per heavy atom. The van der Waals surface area contributed by atoms with E-state index in [-0.39, 0.29) is 5.75 Å². The molecule has 0 saturated heterocycles. The van der Waals surface area contributed by atoms with Crippen LogP contribution in [0, 0.1) is 3.57 Å². The molecule has 1 aromatic rings. The van der Waals surface area contributed by atoms with Crippen LogP contribution in [-0.2, 0) is 7.63 Å². The highest BCUT2D eigenvalue weighted by Crippen LogP contribution is 2.40. The second-order valence-electron chi connectivity index (χ2n) is 2.23. The molecule has 0 aromatic heterocycles. The quantitative estimate of drug-likeness (QED) is 0.607. The topological polar surface area (TPSA) is 83.8 Å². The Morgan fingerprint density at radius 2 is 2.07 bits per heavy atom. The van der Waals surface area contributed by atoms with Gasteiger partial charge in [-0.2, -0.15) is 0 Å². The fourth-order valence-electron chi connectivity index (χ4n) is 0.739. The van der Waals surface area contributed by atoms with Gasteiger partial charge in [0, 0.05) is 4.47 Å². The summed E-state index contributed by atoms with van der Waals surface area (Å²) < 4.78 is 26.5. The van der Waals surface area contributed by atoms with Crippen LogP contribution in [0.1, 0.15) is 0 Å². The molecule has 0 amide bonds. The van der Waals surface area contributed by atoms with Crippen LogP contribution in [0.2, 0.25) is 0 Å². The first-order chi connectivity index (χ1) is 6.42. The summed E-state index contributed by atoms with van der Waals surface area (Å²) >= 11 is 1.59. The summed E-state index contributed by atoms with van der Waals surface area (Å²) in [4.78, 5) is 17.1. The molecule has 0 aliphatic carbocycles. The Hall–Kier alpha value is 0.180. The van der Waals surface area contributed by atoms with Gasteiger partial charge in [-0.25, -0.2) is 4.57 Å². The van der Waals surface area contributed by atoms with Crippen molar-refractivity contribution in [1.82, 2.24) is 0 Å². The highest BCUT2D eigenvalue weighted by Gasteiger charge is 2.18. The lowest BCUT2D eigenvalue weighted by Crippen LogP contribution is -1.92. The summed E-state index contributed by atoms with van der Waals surface area (Å²) in [5.74, 6) is -0.0458. The van der Waals surface area contributed by atoms with Crippen molar-refractivity contribution in [3.05, 3.63) is 26.2 Å². The molecule has 78 valence electrons. The number of phosphoric ester groups is 1. The Balaban J connectivity index is 3.11. The van der Waals surface area contributed by atoms with Gasteiger partial charge in [0.15, 0.2) is 21.2 Å². The monoisotopic (exact) mass is 394 g/mol. The van der Waals surface area contributed by atoms with E-state index in [0.717, 1.165) is 0 Å². The SMILES string of the molecule is O=Ic1ccc(Br)cc1OP(=O)(O)O. The maximum Gasteiger partial charge on any atom is 0.524 e. The number of benzene rings is 1. The molecule has 0 aliphatic rings. The first-order valence-electron chi connectivity index (χ1n) is 3.24. The Bertz CT molecular complexity index is 403. The van der Waals surface area contributed by atoms with Crippen LogP contribution in [0.15, 0.2) is 22.7 Å². The molecule has 5 nitrogen and oxygen atoms in total. The lowest BCUT2D eigenvalue weighted by molar-refractivity contribution is 0.282. The first kappa shape index (κ1) is 12.3. The molecule has 1 aromatic carbocycles. The predicted molar refractivity (Wildman–Crippen MR) is 60.2 cm³/mol. The molecule has 0 aliphatic heterocycles. The van der Waals surface area contributed by atoms with Crippen molar-refractivity contribution in [2.75, 3.05) is 0 Å². The molecule has 0 atom stereocenters. The van der Waals surface area contributed by atoms with Crippen molar-refractivity contribution < 1.29 is 21.9 Å². The van der Waals surface area contributed by atoms with Gasteiger partial charge in [0.25, 0.3) is 0 Å². The van der Waals surface area contributed by atoms with Crippen molar-refractivity contribution in [2.24, 2.45) is 0 Å². The molecule has 1 rings (SSSR count). The molecule has 0 radical (unpaired) electrons. The molecule has 2 N–H and O–H groups in total. The second kappa shape index (κ2) is 4.80. The summed E-state index contributed by atoms with van der Waals surface area (Å²) in [6.45, 7) is 0. The van der Waals surface area contributed by atoms with Crippen molar-refractivity contribution in [3.8, 4) is 5.75 Å². The zero-order valence-corrected chi connectivity index (χ0v) is 11.2. The molecule has 0 saturated carbocycles. The molecule has 8 heteroatoms. The Kier molecular flexibility index (Phi) is 4.20. The molecule has 14 heavy (non-hydrogen) atoms. The second-order valence-corrected chi connectivity index (χ2v) is 5.92. The minimum atomic E-state index is -4.59. The number of phosphoric acid groups is 1. The van der Waals surface area contributed by atoms with Crippen LogP contribution in [0.5, 0.6) is 5.75 Å². The van der Waals surface area contributed by atoms with E-state index in [1.165, 1.54) is 12.1 Å².